The lowest BCUT2D eigenvalue weighted by molar-refractivity contribution is 0.731. The minimum atomic E-state index is 0.487. The molecule has 5 nitrogen and oxygen atoms in total. The first-order valence-electron chi connectivity index (χ1n) is 7.83. The van der Waals surface area contributed by atoms with Crippen LogP contribution in [0.2, 0.25) is 0 Å². The summed E-state index contributed by atoms with van der Waals surface area (Å²) in [5.41, 5.74) is 9.97. The average molecular weight is 315 g/mol. The lowest BCUT2D eigenvalue weighted by Gasteiger charge is -2.03. The predicted octanol–water partition coefficient (Wildman–Crippen LogP) is 3.80. The molecule has 118 valence electrons. The van der Waals surface area contributed by atoms with Crippen molar-refractivity contribution >= 4 is 27.8 Å². The number of rotatable bonds is 4. The largest absolute Gasteiger partial charge is 0.383 e. The van der Waals surface area contributed by atoms with Gasteiger partial charge in [0.15, 0.2) is 0 Å². The van der Waals surface area contributed by atoms with Gasteiger partial charge in [-0.05, 0) is 18.6 Å². The minimum Gasteiger partial charge on any atom is -0.383 e. The van der Waals surface area contributed by atoms with E-state index in [9.17, 15) is 0 Å². The number of aromatic nitrogens is 4. The van der Waals surface area contributed by atoms with Crippen LogP contribution in [0.4, 0.5) is 5.82 Å². The number of hydrogen-bond acceptors (Lipinski definition) is 4. The zero-order valence-corrected chi connectivity index (χ0v) is 13.2. The van der Waals surface area contributed by atoms with E-state index in [0.717, 1.165) is 46.0 Å². The second-order valence-corrected chi connectivity index (χ2v) is 5.69. The highest BCUT2D eigenvalue weighted by Gasteiger charge is 2.15. The number of benzene rings is 1. The van der Waals surface area contributed by atoms with Crippen molar-refractivity contribution in [3.05, 3.63) is 61.7 Å². The summed E-state index contributed by atoms with van der Waals surface area (Å²) in [6.45, 7) is 4.59. The summed E-state index contributed by atoms with van der Waals surface area (Å²) < 4.78 is 2.10. The highest BCUT2D eigenvalue weighted by atomic mass is 15.1. The van der Waals surface area contributed by atoms with Crippen LogP contribution < -0.4 is 5.73 Å². The van der Waals surface area contributed by atoms with Gasteiger partial charge in [0.25, 0.3) is 0 Å². The van der Waals surface area contributed by atoms with E-state index in [1.54, 1.807) is 0 Å². The number of nitrogen functional groups attached to an aromatic ring is 1. The van der Waals surface area contributed by atoms with Gasteiger partial charge in [-0.2, -0.15) is 0 Å². The fraction of sp³-hybridized carbons (Fsp3) is 0.105. The van der Waals surface area contributed by atoms with Crippen LogP contribution in [0.15, 0.2) is 61.7 Å². The Bertz CT molecular complexity index is 1050. The Balaban J connectivity index is 1.95. The van der Waals surface area contributed by atoms with Gasteiger partial charge in [0, 0.05) is 35.5 Å². The highest BCUT2D eigenvalue weighted by Crippen LogP contribution is 2.33. The van der Waals surface area contributed by atoms with Crippen molar-refractivity contribution in [1.29, 1.82) is 0 Å². The summed E-state index contributed by atoms with van der Waals surface area (Å²) in [7, 11) is 0. The number of nitrogens with zero attached hydrogens (tertiary/aromatic N) is 4. The fourth-order valence-electron chi connectivity index (χ4n) is 2.99. The van der Waals surface area contributed by atoms with E-state index in [4.69, 9.17) is 5.73 Å². The lowest BCUT2D eigenvalue weighted by atomic mass is 10.1. The van der Waals surface area contributed by atoms with Crippen LogP contribution in [0, 0.1) is 0 Å². The van der Waals surface area contributed by atoms with Crippen LogP contribution in [0.1, 0.15) is 6.42 Å². The van der Waals surface area contributed by atoms with Crippen molar-refractivity contribution in [2.75, 3.05) is 5.73 Å². The van der Waals surface area contributed by atoms with Crippen LogP contribution >= 0.6 is 0 Å². The first-order valence-corrected chi connectivity index (χ1v) is 7.83. The van der Waals surface area contributed by atoms with Gasteiger partial charge in [0.2, 0.25) is 0 Å². The molecule has 4 aromatic rings. The van der Waals surface area contributed by atoms with Gasteiger partial charge in [-0.1, -0.05) is 24.3 Å². The van der Waals surface area contributed by atoms with E-state index in [1.807, 2.05) is 30.5 Å². The molecule has 0 aliphatic heterocycles. The van der Waals surface area contributed by atoms with Crippen LogP contribution in [0.3, 0.4) is 0 Å². The molecule has 24 heavy (non-hydrogen) atoms. The van der Waals surface area contributed by atoms with Crippen molar-refractivity contribution in [2.24, 2.45) is 0 Å². The molecule has 0 atom stereocenters. The monoisotopic (exact) mass is 315 g/mol. The Morgan fingerprint density at radius 1 is 1.17 bits per heavy atom. The molecule has 0 spiro atoms. The Morgan fingerprint density at radius 3 is 2.92 bits per heavy atom. The molecule has 4 rings (SSSR count). The molecular weight excluding hydrogens is 298 g/mol. The van der Waals surface area contributed by atoms with Crippen molar-refractivity contribution in [1.82, 2.24) is 19.5 Å². The third-order valence-corrected chi connectivity index (χ3v) is 4.16. The number of para-hydroxylation sites is 1. The molecule has 0 saturated carbocycles. The van der Waals surface area contributed by atoms with Crippen molar-refractivity contribution in [3.8, 4) is 11.1 Å². The summed E-state index contributed by atoms with van der Waals surface area (Å²) in [5, 5.41) is 1.97. The van der Waals surface area contributed by atoms with Crippen molar-refractivity contribution in [2.45, 2.75) is 13.0 Å². The maximum absolute atomic E-state index is 6.14. The zero-order chi connectivity index (χ0) is 16.5. The Kier molecular flexibility index (Phi) is 3.46. The molecule has 0 radical (unpaired) electrons. The average Bonchev–Trinajstić information content (AvgIpc) is 2.99. The van der Waals surface area contributed by atoms with E-state index in [0.29, 0.717) is 5.82 Å². The number of pyridine rings is 1. The molecular formula is C19H17N5. The fourth-order valence-corrected chi connectivity index (χ4v) is 2.99. The van der Waals surface area contributed by atoms with Crippen LogP contribution in [-0.4, -0.2) is 19.5 Å². The van der Waals surface area contributed by atoms with Gasteiger partial charge < -0.3 is 10.3 Å². The van der Waals surface area contributed by atoms with Gasteiger partial charge in [0.05, 0.1) is 10.9 Å². The first kappa shape index (κ1) is 14.4. The number of fused-ring (bicyclic) bond motifs is 2. The number of aryl methyl sites for hydroxylation is 1. The maximum atomic E-state index is 6.14. The standard InChI is InChI=1S/C19H17N5/c1-2-3-8-24-11-15(17-18(20)22-12-23-19(17)24)14-9-13-6-4-5-7-16(13)21-10-14/h2,4-7,9-12H,1,3,8H2,(H2,20,22,23). The van der Waals surface area contributed by atoms with Crippen LogP contribution in [0.5, 0.6) is 0 Å². The predicted molar refractivity (Wildman–Crippen MR) is 97.5 cm³/mol. The van der Waals surface area contributed by atoms with E-state index in [2.05, 4.69) is 44.4 Å². The molecule has 5 heteroatoms. The molecule has 2 N–H and O–H groups in total. The van der Waals surface area contributed by atoms with Crippen molar-refractivity contribution in [3.63, 3.8) is 0 Å². The summed E-state index contributed by atoms with van der Waals surface area (Å²) in [6, 6.07) is 10.2. The topological polar surface area (TPSA) is 69.6 Å². The Labute approximate surface area is 139 Å². The Hall–Kier alpha value is -3.21. The number of hydrogen-bond donors (Lipinski definition) is 1. The second-order valence-electron chi connectivity index (χ2n) is 5.69. The van der Waals surface area contributed by atoms with Crippen LogP contribution in [-0.2, 0) is 6.54 Å². The number of nitrogens with two attached hydrogens (primary N) is 1. The van der Waals surface area contributed by atoms with Gasteiger partial charge >= 0.3 is 0 Å². The third kappa shape index (κ3) is 2.31. The molecule has 0 fully saturated rings. The van der Waals surface area contributed by atoms with E-state index in [1.165, 1.54) is 6.33 Å². The van der Waals surface area contributed by atoms with Crippen molar-refractivity contribution < 1.29 is 0 Å². The molecule has 0 aliphatic rings. The smallest absolute Gasteiger partial charge is 0.146 e. The molecule has 0 aliphatic carbocycles. The third-order valence-electron chi connectivity index (χ3n) is 4.16. The summed E-state index contributed by atoms with van der Waals surface area (Å²) in [4.78, 5) is 13.1. The maximum Gasteiger partial charge on any atom is 0.146 e. The highest BCUT2D eigenvalue weighted by molar-refractivity contribution is 6.01. The number of anilines is 1. The van der Waals surface area contributed by atoms with Crippen LogP contribution in [0.25, 0.3) is 33.1 Å². The zero-order valence-electron chi connectivity index (χ0n) is 13.2. The summed E-state index contributed by atoms with van der Waals surface area (Å²) in [5.74, 6) is 0.487. The SMILES string of the molecule is C=CCCn1cc(-c2cnc3ccccc3c2)c2c(N)ncnc21. The normalized spacial score (nSPS) is 11.2. The molecule has 1 aromatic carbocycles. The van der Waals surface area contributed by atoms with E-state index in [-0.39, 0.29) is 0 Å². The molecule has 0 unspecified atom stereocenters. The molecule has 0 saturated heterocycles. The molecule has 3 aromatic heterocycles. The van der Waals surface area contributed by atoms with Gasteiger partial charge in [-0.3, -0.25) is 4.98 Å². The summed E-state index contributed by atoms with van der Waals surface area (Å²) >= 11 is 0. The van der Waals surface area contributed by atoms with Gasteiger partial charge in [0.1, 0.15) is 17.8 Å². The summed E-state index contributed by atoms with van der Waals surface area (Å²) in [6.07, 6.45) is 8.22. The van der Waals surface area contributed by atoms with Gasteiger partial charge in [-0.25, -0.2) is 9.97 Å². The quantitative estimate of drug-likeness (QED) is 0.581. The van der Waals surface area contributed by atoms with Gasteiger partial charge in [-0.15, -0.1) is 6.58 Å². The van der Waals surface area contributed by atoms with E-state index >= 15 is 0 Å². The van der Waals surface area contributed by atoms with E-state index < -0.39 is 0 Å². The first-order chi connectivity index (χ1) is 11.8. The lowest BCUT2D eigenvalue weighted by Crippen LogP contribution is -1.98. The second kappa shape index (κ2) is 5.77. The minimum absolute atomic E-state index is 0.487. The molecule has 0 amide bonds. The molecule has 0 bridgehead atoms. The number of allylic oxidation sites excluding steroid dienone is 1. The Morgan fingerprint density at radius 2 is 2.04 bits per heavy atom. The molecule has 3 heterocycles.